The number of aliphatic hydroxyl groups excluding tert-OH is 1. The minimum Gasteiger partial charge on any atom is -0.458 e. The van der Waals surface area contributed by atoms with Crippen LogP contribution in [0.3, 0.4) is 0 Å². The van der Waals surface area contributed by atoms with Crippen molar-refractivity contribution < 1.29 is 43.2 Å². The number of carbonyl (C=O) groups is 3. The van der Waals surface area contributed by atoms with Crippen LogP contribution in [0, 0.1) is 23.7 Å². The van der Waals surface area contributed by atoms with Crippen LogP contribution in [0.1, 0.15) is 80.2 Å². The standard InChI is InChI=1S/C43H62N4O9/c1-24-22-42(7,52-19-13-14-30-21-31-15-11-12-16-32(31)45-23-30)38(55-40-36(49)33(46(9)10)20-25(2)53-40)27(4)35(48)28(5)39(50)54-29(6)43(8)37-26(3)34(24)44-17-18-47(37)41(51)56-43/h11-12,15-16,21,23-29,33,36-38,40,49H,13-14,17-20,22H2,1-10H3/t24-,25+,26+,27+,28-,29-,33-,36?,37-,38-,40-,42+,43-/m1/s1. The lowest BCUT2D eigenvalue weighted by Crippen LogP contribution is -2.60. The summed E-state index contributed by atoms with van der Waals surface area (Å²) in [7, 11) is 3.82. The minimum atomic E-state index is -1.19. The van der Waals surface area contributed by atoms with Crippen LogP contribution in [0.4, 0.5) is 4.79 Å². The molecule has 1 unspecified atom stereocenters. The third-order valence-corrected chi connectivity index (χ3v) is 12.9. The number of para-hydroxylation sites is 1. The van der Waals surface area contributed by atoms with E-state index in [2.05, 4.69) is 18.0 Å². The van der Waals surface area contributed by atoms with Crippen LogP contribution >= 0.6 is 0 Å². The number of hydrogen-bond donors (Lipinski definition) is 1. The smallest absolute Gasteiger partial charge is 0.410 e. The van der Waals surface area contributed by atoms with Crippen molar-refractivity contribution >= 4 is 34.5 Å². The average molecular weight is 779 g/mol. The zero-order valence-electron chi connectivity index (χ0n) is 34.8. The van der Waals surface area contributed by atoms with Gasteiger partial charge in [-0.25, -0.2) is 4.79 Å². The molecule has 13 heteroatoms. The van der Waals surface area contributed by atoms with Crippen LogP contribution in [0.2, 0.25) is 0 Å². The maximum absolute atomic E-state index is 14.5. The highest BCUT2D eigenvalue weighted by Gasteiger charge is 2.60. The number of nitrogens with zero attached hydrogens (tertiary/aromatic N) is 4. The van der Waals surface area contributed by atoms with E-state index in [0.29, 0.717) is 45.4 Å². The molecule has 0 spiro atoms. The molecule has 1 aromatic heterocycles. The molecule has 1 aromatic carbocycles. The van der Waals surface area contributed by atoms with Gasteiger partial charge in [0.25, 0.3) is 0 Å². The predicted octanol–water partition coefficient (Wildman–Crippen LogP) is 5.24. The summed E-state index contributed by atoms with van der Waals surface area (Å²) in [5, 5.41) is 12.7. The van der Waals surface area contributed by atoms with Crippen molar-refractivity contribution in [1.82, 2.24) is 14.8 Å². The Morgan fingerprint density at radius 2 is 1.77 bits per heavy atom. The molecular formula is C43H62N4O9. The van der Waals surface area contributed by atoms with Gasteiger partial charge in [0.15, 0.2) is 17.7 Å². The Hall–Kier alpha value is -3.49. The first-order valence-electron chi connectivity index (χ1n) is 20.4. The normalized spacial score (nSPS) is 38.5. The van der Waals surface area contributed by atoms with E-state index in [4.69, 9.17) is 28.7 Å². The molecular weight excluding hydrogens is 716 g/mol. The molecule has 13 atom stereocenters. The molecule has 308 valence electrons. The topological polar surface area (TPSA) is 149 Å². The molecule has 3 saturated heterocycles. The summed E-state index contributed by atoms with van der Waals surface area (Å²) in [5.74, 6) is -3.63. The summed E-state index contributed by atoms with van der Waals surface area (Å²) in [5.41, 5.74) is 0.571. The quantitative estimate of drug-likeness (QED) is 0.213. The number of pyridine rings is 1. The molecule has 4 aliphatic heterocycles. The lowest BCUT2D eigenvalue weighted by atomic mass is 9.73. The third-order valence-electron chi connectivity index (χ3n) is 12.9. The van der Waals surface area contributed by atoms with E-state index < -0.39 is 71.5 Å². The van der Waals surface area contributed by atoms with Gasteiger partial charge in [-0.1, -0.05) is 39.0 Å². The van der Waals surface area contributed by atoms with Gasteiger partial charge in [-0.3, -0.25) is 24.5 Å². The molecule has 6 rings (SSSR count). The Kier molecular flexibility index (Phi) is 12.6. The van der Waals surface area contributed by atoms with Crippen molar-refractivity contribution in [3.8, 4) is 0 Å². The Morgan fingerprint density at radius 3 is 2.50 bits per heavy atom. The second-order valence-electron chi connectivity index (χ2n) is 17.3. The van der Waals surface area contributed by atoms with Gasteiger partial charge >= 0.3 is 12.1 Å². The first kappa shape index (κ1) is 42.1. The molecule has 2 bridgehead atoms. The summed E-state index contributed by atoms with van der Waals surface area (Å²) in [4.78, 5) is 55.1. The largest absolute Gasteiger partial charge is 0.458 e. The van der Waals surface area contributed by atoms with E-state index in [1.54, 1.807) is 32.6 Å². The Morgan fingerprint density at radius 1 is 1.04 bits per heavy atom. The maximum Gasteiger partial charge on any atom is 0.410 e. The number of aryl methyl sites for hydroxylation is 1. The molecule has 2 aromatic rings. The van der Waals surface area contributed by atoms with Crippen LogP contribution in [-0.4, -0.2) is 131 Å². The second-order valence-corrected chi connectivity index (χ2v) is 17.3. The maximum atomic E-state index is 14.5. The van der Waals surface area contributed by atoms with Gasteiger partial charge < -0.3 is 33.7 Å². The van der Waals surface area contributed by atoms with Crippen molar-refractivity contribution in [3.05, 3.63) is 42.1 Å². The summed E-state index contributed by atoms with van der Waals surface area (Å²) >= 11 is 0. The van der Waals surface area contributed by atoms with E-state index in [1.165, 1.54) is 0 Å². The monoisotopic (exact) mass is 778 g/mol. The molecule has 0 aliphatic carbocycles. The van der Waals surface area contributed by atoms with Crippen LogP contribution in [-0.2, 0) is 39.7 Å². The molecule has 5 heterocycles. The fourth-order valence-corrected chi connectivity index (χ4v) is 9.70. The summed E-state index contributed by atoms with van der Waals surface area (Å²) < 4.78 is 32.2. The SMILES string of the molecule is C[C@H]1C(=O)O[C@H](C)[C@@]2(C)OC(=O)N3CCN=C([C@H](C)C[C@](C)(OCCCc4cnc5ccccc5c4)[C@H](O[C@H]4O[C@@H](C)C[C@@H](N(C)C)C4O)[C@@H](C)C1=O)[C@H](C)[C@@H]32. The van der Waals surface area contributed by atoms with Crippen molar-refractivity contribution in [2.45, 2.75) is 135 Å². The number of amides is 1. The fourth-order valence-electron chi connectivity index (χ4n) is 9.70. The fraction of sp³-hybridized carbons (Fsp3) is 0.698. The number of fused-ring (bicyclic) bond motifs is 2. The minimum absolute atomic E-state index is 0.197. The molecule has 1 amide bonds. The predicted molar refractivity (Wildman–Crippen MR) is 211 cm³/mol. The number of rotatable bonds is 8. The highest BCUT2D eigenvalue weighted by molar-refractivity contribution is 6.00. The van der Waals surface area contributed by atoms with Crippen LogP contribution in [0.25, 0.3) is 10.9 Å². The number of ether oxygens (including phenoxy) is 5. The molecule has 56 heavy (non-hydrogen) atoms. The molecule has 4 aliphatic rings. The number of esters is 1. The number of aromatic nitrogens is 1. The number of likely N-dealkylation sites (N-methyl/N-ethyl adjacent to an activating group) is 1. The van der Waals surface area contributed by atoms with E-state index in [-0.39, 0.29) is 24.0 Å². The average Bonchev–Trinajstić information content (AvgIpc) is 3.29. The highest BCUT2D eigenvalue weighted by atomic mass is 16.7. The zero-order chi connectivity index (χ0) is 40.7. The highest BCUT2D eigenvalue weighted by Crippen LogP contribution is 2.43. The van der Waals surface area contributed by atoms with Crippen molar-refractivity contribution in [2.75, 3.05) is 33.8 Å². The number of hydrogen-bond acceptors (Lipinski definition) is 12. The van der Waals surface area contributed by atoms with Crippen LogP contribution in [0.5, 0.6) is 0 Å². The molecule has 3 fully saturated rings. The van der Waals surface area contributed by atoms with Gasteiger partial charge in [0, 0.05) is 48.3 Å². The zero-order valence-corrected chi connectivity index (χ0v) is 34.8. The Balaban J connectivity index is 1.38. The van der Waals surface area contributed by atoms with Gasteiger partial charge in [-0.05, 0) is 98.0 Å². The number of aliphatic hydroxyl groups is 1. The number of benzene rings is 1. The van der Waals surface area contributed by atoms with E-state index in [9.17, 15) is 19.5 Å². The van der Waals surface area contributed by atoms with Crippen LogP contribution < -0.4 is 0 Å². The third kappa shape index (κ3) is 8.25. The number of carbonyl (C=O) groups excluding carboxylic acids is 3. The van der Waals surface area contributed by atoms with Gasteiger partial charge in [0.2, 0.25) is 0 Å². The summed E-state index contributed by atoms with van der Waals surface area (Å²) in [6, 6.07) is 9.43. The van der Waals surface area contributed by atoms with Crippen molar-refractivity contribution in [2.24, 2.45) is 28.7 Å². The first-order chi connectivity index (χ1) is 26.4. The van der Waals surface area contributed by atoms with Crippen molar-refractivity contribution in [1.29, 1.82) is 0 Å². The number of cyclic esters (lactones) is 1. The number of ketones is 1. The van der Waals surface area contributed by atoms with Gasteiger partial charge in [0.1, 0.15) is 18.1 Å². The van der Waals surface area contributed by atoms with E-state index >= 15 is 0 Å². The molecule has 0 saturated carbocycles. The van der Waals surface area contributed by atoms with Crippen molar-refractivity contribution in [3.63, 3.8) is 0 Å². The molecule has 0 radical (unpaired) electrons. The lowest BCUT2D eigenvalue weighted by molar-refractivity contribution is -0.297. The van der Waals surface area contributed by atoms with E-state index in [1.807, 2.05) is 70.2 Å². The van der Waals surface area contributed by atoms with Gasteiger partial charge in [0.05, 0.1) is 35.9 Å². The van der Waals surface area contributed by atoms with Gasteiger partial charge in [-0.15, -0.1) is 0 Å². The summed E-state index contributed by atoms with van der Waals surface area (Å²) in [6.45, 7) is 15.9. The lowest BCUT2D eigenvalue weighted by Gasteiger charge is -2.47. The summed E-state index contributed by atoms with van der Waals surface area (Å²) in [6.07, 6.45) is -0.343. The Bertz CT molecular complexity index is 1790. The second kappa shape index (κ2) is 16.8. The van der Waals surface area contributed by atoms with E-state index in [0.717, 1.165) is 22.2 Å². The molecule has 13 nitrogen and oxygen atoms in total. The number of Topliss-reactive ketones (excluding diaryl/α,β-unsaturated/α-hetero) is 1. The first-order valence-corrected chi connectivity index (χ1v) is 20.4. The van der Waals surface area contributed by atoms with Crippen LogP contribution in [0.15, 0.2) is 41.5 Å². The Labute approximate surface area is 331 Å². The number of aliphatic imine (C=N–C) groups is 1. The molecule has 1 N–H and O–H groups in total. The van der Waals surface area contributed by atoms with Gasteiger partial charge in [-0.2, -0.15) is 0 Å².